The molecule has 0 bridgehead atoms. The molecule has 2 heterocycles. The standard InChI is InChI=1S/C19H22ClN3O2/c1-13-11-16(17(25-2)12-15(13)20)22-19(24)14-7-6-8-21-18(14)23-9-4-3-5-10-23/h6-8,11-12H,3-5,9-10H2,1-2H3,(H,22,24). The Morgan fingerprint density at radius 3 is 2.76 bits per heavy atom. The number of rotatable bonds is 4. The zero-order valence-electron chi connectivity index (χ0n) is 14.5. The van der Waals surface area contributed by atoms with Crippen LogP contribution >= 0.6 is 11.6 Å². The molecule has 0 aliphatic carbocycles. The number of hydrogen-bond acceptors (Lipinski definition) is 4. The number of carbonyl (C=O) groups is 1. The van der Waals surface area contributed by atoms with Crippen molar-refractivity contribution in [2.45, 2.75) is 26.2 Å². The Balaban J connectivity index is 1.88. The maximum atomic E-state index is 12.9. The van der Waals surface area contributed by atoms with Crippen LogP contribution in [0.25, 0.3) is 0 Å². The quantitative estimate of drug-likeness (QED) is 0.884. The molecule has 6 heteroatoms. The molecule has 0 unspecified atom stereocenters. The molecule has 0 radical (unpaired) electrons. The number of amides is 1. The minimum atomic E-state index is -0.200. The van der Waals surface area contributed by atoms with Gasteiger partial charge in [0.05, 0.1) is 18.4 Å². The van der Waals surface area contributed by atoms with Gasteiger partial charge in [-0.3, -0.25) is 4.79 Å². The first-order valence-corrected chi connectivity index (χ1v) is 8.83. The van der Waals surface area contributed by atoms with Crippen molar-refractivity contribution in [2.75, 3.05) is 30.4 Å². The third kappa shape index (κ3) is 3.87. The van der Waals surface area contributed by atoms with E-state index < -0.39 is 0 Å². The second kappa shape index (κ2) is 7.74. The van der Waals surface area contributed by atoms with E-state index in [0.717, 1.165) is 37.3 Å². The SMILES string of the molecule is COc1cc(Cl)c(C)cc1NC(=O)c1cccnc1N1CCCCC1. The fraction of sp³-hybridized carbons (Fsp3) is 0.368. The number of aromatic nitrogens is 1. The van der Waals surface area contributed by atoms with Crippen LogP contribution in [0.15, 0.2) is 30.5 Å². The molecule has 132 valence electrons. The van der Waals surface area contributed by atoms with Crippen LogP contribution in [0, 0.1) is 6.92 Å². The monoisotopic (exact) mass is 359 g/mol. The number of aryl methyl sites for hydroxylation is 1. The molecule has 3 rings (SSSR count). The molecule has 1 aromatic heterocycles. The van der Waals surface area contributed by atoms with Gasteiger partial charge in [-0.1, -0.05) is 11.6 Å². The topological polar surface area (TPSA) is 54.5 Å². The molecule has 25 heavy (non-hydrogen) atoms. The Bertz CT molecular complexity index is 773. The van der Waals surface area contributed by atoms with E-state index in [2.05, 4.69) is 15.2 Å². The number of nitrogens with zero attached hydrogens (tertiary/aromatic N) is 2. The predicted molar refractivity (Wildman–Crippen MR) is 101 cm³/mol. The highest BCUT2D eigenvalue weighted by Crippen LogP contribution is 2.32. The van der Waals surface area contributed by atoms with Crippen molar-refractivity contribution in [1.82, 2.24) is 4.98 Å². The molecular weight excluding hydrogens is 338 g/mol. The average molecular weight is 360 g/mol. The zero-order valence-corrected chi connectivity index (χ0v) is 15.3. The van der Waals surface area contributed by atoms with E-state index in [1.54, 1.807) is 25.4 Å². The van der Waals surface area contributed by atoms with E-state index in [1.807, 2.05) is 19.1 Å². The summed E-state index contributed by atoms with van der Waals surface area (Å²) < 4.78 is 5.34. The van der Waals surface area contributed by atoms with Crippen LogP contribution in [0.1, 0.15) is 35.2 Å². The number of hydrogen-bond donors (Lipinski definition) is 1. The molecule has 1 aromatic carbocycles. The summed E-state index contributed by atoms with van der Waals surface area (Å²) in [6.07, 6.45) is 5.21. The largest absolute Gasteiger partial charge is 0.495 e. The first-order chi connectivity index (χ1) is 12.1. The highest BCUT2D eigenvalue weighted by molar-refractivity contribution is 6.31. The third-order valence-electron chi connectivity index (χ3n) is 4.42. The van der Waals surface area contributed by atoms with Crippen molar-refractivity contribution >= 4 is 29.0 Å². The summed E-state index contributed by atoms with van der Waals surface area (Å²) in [6, 6.07) is 7.12. The van der Waals surface area contributed by atoms with Crippen molar-refractivity contribution in [2.24, 2.45) is 0 Å². The van der Waals surface area contributed by atoms with Crippen molar-refractivity contribution in [1.29, 1.82) is 0 Å². The highest BCUT2D eigenvalue weighted by Gasteiger charge is 2.20. The molecule has 0 atom stereocenters. The van der Waals surface area contributed by atoms with Gasteiger partial charge in [-0.2, -0.15) is 0 Å². The Morgan fingerprint density at radius 1 is 1.28 bits per heavy atom. The summed E-state index contributed by atoms with van der Waals surface area (Å²) >= 11 is 6.14. The van der Waals surface area contributed by atoms with Crippen molar-refractivity contribution < 1.29 is 9.53 Å². The Labute approximate surface area is 153 Å². The van der Waals surface area contributed by atoms with Gasteiger partial charge in [0.15, 0.2) is 0 Å². The second-order valence-electron chi connectivity index (χ2n) is 6.18. The van der Waals surface area contributed by atoms with Gasteiger partial charge in [-0.25, -0.2) is 4.98 Å². The van der Waals surface area contributed by atoms with Crippen LogP contribution in [0.5, 0.6) is 5.75 Å². The zero-order chi connectivity index (χ0) is 17.8. The lowest BCUT2D eigenvalue weighted by atomic mass is 10.1. The second-order valence-corrected chi connectivity index (χ2v) is 6.59. The summed E-state index contributed by atoms with van der Waals surface area (Å²) in [5.41, 5.74) is 2.04. The summed E-state index contributed by atoms with van der Waals surface area (Å²) in [6.45, 7) is 3.75. The summed E-state index contributed by atoms with van der Waals surface area (Å²) in [7, 11) is 1.56. The normalized spacial score (nSPS) is 14.3. The van der Waals surface area contributed by atoms with Gasteiger partial charge < -0.3 is 15.0 Å². The molecule has 1 amide bonds. The Hall–Kier alpha value is -2.27. The fourth-order valence-corrected chi connectivity index (χ4v) is 3.21. The van der Waals surface area contributed by atoms with Crippen molar-refractivity contribution in [3.05, 3.63) is 46.6 Å². The molecule has 1 N–H and O–H groups in total. The first kappa shape index (κ1) is 17.5. The van der Waals surface area contributed by atoms with Crippen LogP contribution in [-0.2, 0) is 0 Å². The molecule has 1 saturated heterocycles. The van der Waals surface area contributed by atoms with E-state index in [4.69, 9.17) is 16.3 Å². The lowest BCUT2D eigenvalue weighted by Crippen LogP contribution is -2.32. The van der Waals surface area contributed by atoms with Gasteiger partial charge in [0, 0.05) is 30.4 Å². The molecule has 5 nitrogen and oxygen atoms in total. The average Bonchev–Trinajstić information content (AvgIpc) is 2.65. The molecule has 1 aliphatic rings. The number of halogens is 1. The highest BCUT2D eigenvalue weighted by atomic mass is 35.5. The molecule has 0 spiro atoms. The van der Waals surface area contributed by atoms with Gasteiger partial charge in [-0.15, -0.1) is 0 Å². The van der Waals surface area contributed by atoms with Crippen molar-refractivity contribution in [3.8, 4) is 5.75 Å². The molecule has 2 aromatic rings. The van der Waals surface area contributed by atoms with Gasteiger partial charge in [0.25, 0.3) is 5.91 Å². The van der Waals surface area contributed by atoms with Crippen LogP contribution in [0.3, 0.4) is 0 Å². The minimum Gasteiger partial charge on any atom is -0.495 e. The van der Waals surface area contributed by atoms with Crippen molar-refractivity contribution in [3.63, 3.8) is 0 Å². The lowest BCUT2D eigenvalue weighted by Gasteiger charge is -2.29. The molecular formula is C19H22ClN3O2. The predicted octanol–water partition coefficient (Wildman–Crippen LogP) is 4.29. The number of piperidine rings is 1. The minimum absolute atomic E-state index is 0.200. The molecule has 0 saturated carbocycles. The van der Waals surface area contributed by atoms with E-state index >= 15 is 0 Å². The smallest absolute Gasteiger partial charge is 0.259 e. The molecule has 1 fully saturated rings. The summed E-state index contributed by atoms with van der Waals surface area (Å²) in [4.78, 5) is 19.5. The number of nitrogens with one attached hydrogen (secondary N) is 1. The number of methoxy groups -OCH3 is 1. The van der Waals surface area contributed by atoms with Gasteiger partial charge in [0.1, 0.15) is 11.6 Å². The maximum Gasteiger partial charge on any atom is 0.259 e. The van der Waals surface area contributed by atoms with E-state index in [9.17, 15) is 4.79 Å². The maximum absolute atomic E-state index is 12.9. The van der Waals surface area contributed by atoms with Gasteiger partial charge >= 0.3 is 0 Å². The number of carbonyl (C=O) groups excluding carboxylic acids is 1. The van der Waals surface area contributed by atoms with Gasteiger partial charge in [0.2, 0.25) is 0 Å². The fourth-order valence-electron chi connectivity index (χ4n) is 3.05. The number of benzene rings is 1. The Kier molecular flexibility index (Phi) is 5.43. The Morgan fingerprint density at radius 2 is 2.04 bits per heavy atom. The first-order valence-electron chi connectivity index (χ1n) is 8.45. The van der Waals surface area contributed by atoms with Crippen LogP contribution in [-0.4, -0.2) is 31.1 Å². The van der Waals surface area contributed by atoms with Crippen LogP contribution < -0.4 is 15.0 Å². The lowest BCUT2D eigenvalue weighted by molar-refractivity contribution is 0.102. The number of ether oxygens (including phenoxy) is 1. The number of pyridine rings is 1. The van der Waals surface area contributed by atoms with E-state index in [1.165, 1.54) is 6.42 Å². The van der Waals surface area contributed by atoms with E-state index in [0.29, 0.717) is 22.0 Å². The summed E-state index contributed by atoms with van der Waals surface area (Å²) in [5.74, 6) is 1.07. The third-order valence-corrected chi connectivity index (χ3v) is 4.82. The molecule has 1 aliphatic heterocycles. The van der Waals surface area contributed by atoms with E-state index in [-0.39, 0.29) is 5.91 Å². The van der Waals surface area contributed by atoms with Crippen LogP contribution in [0.4, 0.5) is 11.5 Å². The van der Waals surface area contributed by atoms with Crippen LogP contribution in [0.2, 0.25) is 5.02 Å². The van der Waals surface area contributed by atoms with Gasteiger partial charge in [-0.05, 0) is 49.9 Å². The number of anilines is 2. The summed E-state index contributed by atoms with van der Waals surface area (Å²) in [5, 5.41) is 3.54.